The molecule has 0 spiro atoms. The predicted octanol–water partition coefficient (Wildman–Crippen LogP) is -1.55. The topological polar surface area (TPSA) is 172 Å². The first kappa shape index (κ1) is 18.4. The molecular weight excluding hydrogens is 351 g/mol. The molecule has 1 unspecified atom stereocenters. The van der Waals surface area contributed by atoms with Crippen LogP contribution in [-0.2, 0) is 14.3 Å². The van der Waals surface area contributed by atoms with Gasteiger partial charge in [0.1, 0.15) is 24.9 Å². The van der Waals surface area contributed by atoms with Crippen molar-refractivity contribution in [1.29, 1.82) is 0 Å². The van der Waals surface area contributed by atoms with Gasteiger partial charge in [-0.25, -0.2) is 4.98 Å². The quantitative estimate of drug-likeness (QED) is 0.344. The Hall–Kier alpha value is -2.41. The van der Waals surface area contributed by atoms with E-state index in [0.29, 0.717) is 13.0 Å². The average molecular weight is 370 g/mol. The molecule has 1 saturated heterocycles. The van der Waals surface area contributed by atoms with E-state index in [4.69, 9.17) is 20.9 Å². The maximum atomic E-state index is 13.4. The van der Waals surface area contributed by atoms with E-state index in [1.54, 1.807) is 0 Å². The first-order valence-electron chi connectivity index (χ1n) is 7.95. The lowest BCUT2D eigenvalue weighted by molar-refractivity contribution is -0.150. The van der Waals surface area contributed by atoms with E-state index >= 15 is 0 Å². The number of carbonyl (C=O) groups is 1. The number of esters is 1. The molecule has 12 heteroatoms. The fourth-order valence-electron chi connectivity index (χ4n) is 2.69. The minimum atomic E-state index is -1.38. The summed E-state index contributed by atoms with van der Waals surface area (Å²) in [6, 6.07) is 0. The molecule has 2 aromatic heterocycles. The second-order valence-corrected chi connectivity index (χ2v) is 5.82. The monoisotopic (exact) mass is 370 g/mol. The van der Waals surface area contributed by atoms with Crippen molar-refractivity contribution in [2.75, 3.05) is 18.9 Å². The fraction of sp³-hybridized carbons (Fsp3) is 0.571. The molecule has 11 nitrogen and oxygen atoms in total. The van der Waals surface area contributed by atoms with Gasteiger partial charge >= 0.3 is 12.0 Å². The van der Waals surface area contributed by atoms with Gasteiger partial charge in [-0.2, -0.15) is 14.4 Å². The maximum absolute atomic E-state index is 13.4. The molecule has 26 heavy (non-hydrogen) atoms. The molecular formula is C14H19FN6O5. The molecule has 0 aromatic carbocycles. The van der Waals surface area contributed by atoms with Crippen LogP contribution in [0.1, 0.15) is 19.1 Å². The number of nitrogens with zero attached hydrogens (tertiary/aromatic N) is 4. The van der Waals surface area contributed by atoms with Crippen molar-refractivity contribution in [1.82, 2.24) is 19.5 Å². The van der Waals surface area contributed by atoms with E-state index < -0.39 is 36.6 Å². The zero-order chi connectivity index (χ0) is 18.8. The number of aliphatic hydroxyl groups excluding tert-OH is 2. The zero-order valence-electron chi connectivity index (χ0n) is 13.7. The molecule has 4 atom stereocenters. The highest BCUT2D eigenvalue weighted by Gasteiger charge is 2.45. The summed E-state index contributed by atoms with van der Waals surface area (Å²) in [6.07, 6.45) is -3.99. The van der Waals surface area contributed by atoms with Crippen LogP contribution in [0.25, 0.3) is 11.2 Å². The number of rotatable bonds is 6. The van der Waals surface area contributed by atoms with Gasteiger partial charge in [0.15, 0.2) is 23.2 Å². The number of aromatic nitrogens is 4. The number of imidazole rings is 1. The van der Waals surface area contributed by atoms with E-state index in [9.17, 15) is 19.4 Å². The van der Waals surface area contributed by atoms with Gasteiger partial charge in [0, 0.05) is 6.42 Å². The number of hydrogen-bond donors (Lipinski definition) is 4. The normalized spacial score (nSPS) is 25.7. The SMILES string of the molecule is NCCCC(=O)OC[C@H]1OC(n2cnc3c(N)nc(F)nc32)[C@H](O)[C@@H]1O. The Morgan fingerprint density at radius 3 is 2.88 bits per heavy atom. The molecule has 1 fully saturated rings. The van der Waals surface area contributed by atoms with Crippen LogP contribution in [-0.4, -0.2) is 67.2 Å². The van der Waals surface area contributed by atoms with Crippen LogP contribution in [0.3, 0.4) is 0 Å². The molecule has 1 aliphatic heterocycles. The van der Waals surface area contributed by atoms with Crippen LogP contribution in [0.4, 0.5) is 10.2 Å². The highest BCUT2D eigenvalue weighted by Crippen LogP contribution is 2.32. The number of halogens is 1. The molecule has 3 rings (SSSR count). The Balaban J connectivity index is 1.75. The van der Waals surface area contributed by atoms with Crippen LogP contribution in [0.2, 0.25) is 0 Å². The molecule has 0 aliphatic carbocycles. The van der Waals surface area contributed by atoms with Gasteiger partial charge in [-0.3, -0.25) is 9.36 Å². The highest BCUT2D eigenvalue weighted by molar-refractivity contribution is 5.81. The largest absolute Gasteiger partial charge is 0.463 e. The molecule has 0 radical (unpaired) electrons. The van der Waals surface area contributed by atoms with Crippen LogP contribution in [0.5, 0.6) is 0 Å². The number of ether oxygens (including phenoxy) is 2. The molecule has 0 bridgehead atoms. The van der Waals surface area contributed by atoms with E-state index in [0.717, 1.165) is 0 Å². The Kier molecular flexibility index (Phi) is 5.27. The van der Waals surface area contributed by atoms with Crippen LogP contribution in [0, 0.1) is 6.08 Å². The average Bonchev–Trinajstić information content (AvgIpc) is 3.13. The van der Waals surface area contributed by atoms with Gasteiger partial charge < -0.3 is 31.2 Å². The molecule has 3 heterocycles. The van der Waals surface area contributed by atoms with Crippen molar-refractivity contribution in [3.63, 3.8) is 0 Å². The van der Waals surface area contributed by atoms with Crippen LogP contribution >= 0.6 is 0 Å². The standard InChI is InChI=1S/C14H19FN6O5/c15-14-19-11(17)8-12(20-14)21(5-18-8)13-10(24)9(23)6(26-13)4-25-7(22)2-1-3-16/h5-6,9-10,13,23-24H,1-4,16H2,(H2,17,19,20)/t6-,9-,10-,13?/m1/s1. The Morgan fingerprint density at radius 2 is 2.15 bits per heavy atom. The number of anilines is 1. The van der Waals surface area contributed by atoms with Crippen molar-refractivity contribution in [2.45, 2.75) is 37.4 Å². The fourth-order valence-corrected chi connectivity index (χ4v) is 2.69. The maximum Gasteiger partial charge on any atom is 0.312 e. The summed E-state index contributed by atoms with van der Waals surface area (Å²) < 4.78 is 25.3. The first-order valence-corrected chi connectivity index (χ1v) is 7.95. The molecule has 2 aromatic rings. The Labute approximate surface area is 146 Å². The first-order chi connectivity index (χ1) is 12.4. The second-order valence-electron chi connectivity index (χ2n) is 5.82. The lowest BCUT2D eigenvalue weighted by atomic mass is 10.1. The van der Waals surface area contributed by atoms with Gasteiger partial charge in [0.2, 0.25) is 0 Å². The predicted molar refractivity (Wildman–Crippen MR) is 84.9 cm³/mol. The number of aliphatic hydroxyl groups is 2. The highest BCUT2D eigenvalue weighted by atomic mass is 19.1. The third-order valence-corrected chi connectivity index (χ3v) is 4.03. The smallest absolute Gasteiger partial charge is 0.312 e. The van der Waals surface area contributed by atoms with Crippen LogP contribution in [0.15, 0.2) is 6.33 Å². The summed E-state index contributed by atoms with van der Waals surface area (Å²) in [5.74, 6) is -0.649. The molecule has 0 amide bonds. The lowest BCUT2D eigenvalue weighted by Gasteiger charge is -2.16. The molecule has 142 valence electrons. The van der Waals surface area contributed by atoms with Gasteiger partial charge in [-0.05, 0) is 13.0 Å². The van der Waals surface area contributed by atoms with Crippen molar-refractivity contribution in [3.05, 3.63) is 12.4 Å². The summed E-state index contributed by atoms with van der Waals surface area (Å²) in [7, 11) is 0. The molecule has 0 saturated carbocycles. The van der Waals surface area contributed by atoms with E-state index in [2.05, 4.69) is 15.0 Å². The minimum absolute atomic E-state index is 0.00633. The van der Waals surface area contributed by atoms with E-state index in [1.807, 2.05) is 0 Å². The van der Waals surface area contributed by atoms with Crippen molar-refractivity contribution < 1.29 is 28.9 Å². The van der Waals surface area contributed by atoms with Crippen molar-refractivity contribution >= 4 is 23.0 Å². The van der Waals surface area contributed by atoms with Crippen molar-refractivity contribution in [2.24, 2.45) is 5.73 Å². The summed E-state index contributed by atoms with van der Waals surface area (Å²) in [5.41, 5.74) is 11.0. The van der Waals surface area contributed by atoms with Gasteiger partial charge in [0.25, 0.3) is 0 Å². The third-order valence-electron chi connectivity index (χ3n) is 4.03. The molecule has 6 N–H and O–H groups in total. The number of hydrogen-bond acceptors (Lipinski definition) is 10. The number of fused-ring (bicyclic) bond motifs is 1. The number of nitrogen functional groups attached to an aromatic ring is 1. The lowest BCUT2D eigenvalue weighted by Crippen LogP contribution is -2.34. The third kappa shape index (κ3) is 3.44. The minimum Gasteiger partial charge on any atom is -0.463 e. The molecule has 1 aliphatic rings. The number of carbonyl (C=O) groups excluding carboxylic acids is 1. The van der Waals surface area contributed by atoms with Gasteiger partial charge in [-0.15, -0.1) is 0 Å². The van der Waals surface area contributed by atoms with Gasteiger partial charge in [0.05, 0.1) is 6.33 Å². The van der Waals surface area contributed by atoms with E-state index in [-0.39, 0.29) is 30.0 Å². The van der Waals surface area contributed by atoms with E-state index in [1.165, 1.54) is 10.9 Å². The second kappa shape index (κ2) is 7.45. The Bertz CT molecular complexity index is 801. The van der Waals surface area contributed by atoms with Crippen molar-refractivity contribution in [3.8, 4) is 0 Å². The summed E-state index contributed by atoms with van der Waals surface area (Å²) >= 11 is 0. The van der Waals surface area contributed by atoms with Crippen LogP contribution < -0.4 is 11.5 Å². The summed E-state index contributed by atoms with van der Waals surface area (Å²) in [5, 5.41) is 20.4. The summed E-state index contributed by atoms with van der Waals surface area (Å²) in [6.45, 7) is 0.101. The zero-order valence-corrected chi connectivity index (χ0v) is 13.7. The Morgan fingerprint density at radius 1 is 1.38 bits per heavy atom. The number of nitrogens with two attached hydrogens (primary N) is 2. The van der Waals surface area contributed by atoms with Gasteiger partial charge in [-0.1, -0.05) is 0 Å². The summed E-state index contributed by atoms with van der Waals surface area (Å²) in [4.78, 5) is 22.5.